The monoisotopic (exact) mass is 761 g/mol. The third kappa shape index (κ3) is 12.5. The van der Waals surface area contributed by atoms with Crippen LogP contribution >= 0.6 is 0 Å². The van der Waals surface area contributed by atoms with Crippen LogP contribution in [-0.2, 0) is 47.6 Å². The Labute approximate surface area is 314 Å². The zero-order chi connectivity index (χ0) is 40.1. The van der Waals surface area contributed by atoms with Gasteiger partial charge in [-0.1, -0.05) is 25.2 Å². The fourth-order valence-electron chi connectivity index (χ4n) is 6.57. The molecule has 11 atom stereocenters. The summed E-state index contributed by atoms with van der Waals surface area (Å²) in [5, 5.41) is 25.3. The first-order chi connectivity index (χ1) is 25.6. The maximum Gasteiger partial charge on any atom is 0.412 e. The molecular formula is C37H51N3O14. The van der Waals surface area contributed by atoms with Gasteiger partial charge in [-0.05, 0) is 58.5 Å². The molecule has 2 aliphatic rings. The lowest BCUT2D eigenvalue weighted by Crippen LogP contribution is -2.64. The molecule has 2 aliphatic heterocycles. The van der Waals surface area contributed by atoms with Gasteiger partial charge in [0, 0.05) is 50.6 Å². The van der Waals surface area contributed by atoms with Crippen LogP contribution in [0.3, 0.4) is 0 Å². The predicted octanol–water partition coefficient (Wildman–Crippen LogP) is 3.52. The number of amides is 1. The van der Waals surface area contributed by atoms with Crippen molar-refractivity contribution in [3.8, 4) is 0 Å². The molecule has 17 nitrogen and oxygen atoms in total. The number of nitro benzene ring substituents is 1. The first-order valence-electron chi connectivity index (χ1n) is 17.6. The van der Waals surface area contributed by atoms with Crippen LogP contribution in [0.25, 0.3) is 0 Å². The summed E-state index contributed by atoms with van der Waals surface area (Å²) >= 11 is 0. The van der Waals surface area contributed by atoms with Crippen LogP contribution in [-0.4, -0.2) is 121 Å². The summed E-state index contributed by atoms with van der Waals surface area (Å²) in [5.41, 5.74) is 0.0591. The molecule has 1 aromatic rings. The second-order valence-corrected chi connectivity index (χ2v) is 13.6. The molecule has 0 unspecified atom stereocenters. The van der Waals surface area contributed by atoms with Gasteiger partial charge < -0.3 is 43.2 Å². The number of benzene rings is 1. The molecule has 1 amide bonds. The molecule has 1 fully saturated rings. The number of non-ortho nitro benzene ring substituents is 1. The highest BCUT2D eigenvalue weighted by Crippen LogP contribution is 2.34. The minimum absolute atomic E-state index is 0.0917. The van der Waals surface area contributed by atoms with Gasteiger partial charge in [0.25, 0.3) is 5.69 Å². The number of nitrogens with one attached hydrogen (secondary N) is 1. The summed E-state index contributed by atoms with van der Waals surface area (Å²) in [4.78, 5) is 75.8. The van der Waals surface area contributed by atoms with E-state index in [9.17, 15) is 39.2 Å². The smallest absolute Gasteiger partial charge is 0.412 e. The van der Waals surface area contributed by atoms with Gasteiger partial charge in [0.15, 0.2) is 12.1 Å². The molecule has 0 radical (unpaired) electrons. The number of aliphatic hydroxyl groups is 1. The topological polar surface area (TPSA) is 219 Å². The van der Waals surface area contributed by atoms with E-state index in [0.29, 0.717) is 12.7 Å². The van der Waals surface area contributed by atoms with Crippen molar-refractivity contribution >= 4 is 41.5 Å². The molecule has 3 rings (SSSR count). The van der Waals surface area contributed by atoms with Crippen LogP contribution in [0.2, 0.25) is 0 Å². The molecule has 2 N–H and O–H groups in total. The highest BCUT2D eigenvalue weighted by Gasteiger charge is 2.50. The number of anilines is 1. The van der Waals surface area contributed by atoms with Crippen LogP contribution in [0.15, 0.2) is 48.6 Å². The number of hydrogen-bond donors (Lipinski definition) is 2. The number of ketones is 1. The summed E-state index contributed by atoms with van der Waals surface area (Å²) in [6, 6.07) is 4.18. The van der Waals surface area contributed by atoms with Crippen molar-refractivity contribution in [2.75, 3.05) is 26.5 Å². The standard InChI is InChI=1S/C37H51N3O14/c1-21-19-25(17-18-41)34(35(49-7)29(52-24(4)42)20-30(44)50-22(2)11-9-8-10-12-28(21)43)53-36-32(45)31(39(5)6)33(23(3)51-36)54-37(46)38-26-13-15-27(16-14-26)40(47)48/h8-10,12-16,18,21-23,25,29,31-36,45H,11,17,19-20H2,1-7H3,(H,38,46)/b9-8+,12-10+/t21-,22-,23-,25+,29-,31-,32-,33-,34+,35+,36+/m1/s1. The van der Waals surface area contributed by atoms with Gasteiger partial charge in [-0.3, -0.25) is 29.8 Å². The Morgan fingerprint density at radius 3 is 2.35 bits per heavy atom. The molecule has 1 saturated heterocycles. The van der Waals surface area contributed by atoms with E-state index >= 15 is 0 Å². The predicted molar refractivity (Wildman–Crippen MR) is 192 cm³/mol. The third-order valence-corrected chi connectivity index (χ3v) is 9.19. The maximum absolute atomic E-state index is 13.2. The number of aliphatic hydroxyl groups excluding tert-OH is 1. The summed E-state index contributed by atoms with van der Waals surface area (Å²) in [6.07, 6.45) is -3.27. The van der Waals surface area contributed by atoms with E-state index in [1.165, 1.54) is 37.5 Å². The molecule has 1 aromatic carbocycles. The number of cyclic esters (lactones) is 1. The Balaban J connectivity index is 1.99. The lowest BCUT2D eigenvalue weighted by molar-refractivity contribution is -0.384. The minimum Gasteiger partial charge on any atom is -0.462 e. The van der Waals surface area contributed by atoms with Gasteiger partial charge in [0.05, 0.1) is 29.6 Å². The molecule has 17 heteroatoms. The van der Waals surface area contributed by atoms with Crippen LogP contribution in [0.1, 0.15) is 53.4 Å². The Morgan fingerprint density at radius 2 is 1.76 bits per heavy atom. The largest absolute Gasteiger partial charge is 0.462 e. The number of rotatable bonds is 10. The fraction of sp³-hybridized carbons (Fsp3) is 0.595. The summed E-state index contributed by atoms with van der Waals surface area (Å²) in [6.45, 7) is 6.13. The second-order valence-electron chi connectivity index (χ2n) is 13.6. The van der Waals surface area contributed by atoms with E-state index in [0.717, 1.165) is 6.92 Å². The van der Waals surface area contributed by atoms with Crippen molar-refractivity contribution in [2.45, 2.75) is 108 Å². The van der Waals surface area contributed by atoms with E-state index in [1.54, 1.807) is 58.0 Å². The van der Waals surface area contributed by atoms with Gasteiger partial charge >= 0.3 is 18.0 Å². The molecule has 298 valence electrons. The molecule has 0 bridgehead atoms. The van der Waals surface area contributed by atoms with Crippen LogP contribution in [0.5, 0.6) is 0 Å². The van der Waals surface area contributed by atoms with E-state index in [1.807, 2.05) is 0 Å². The lowest BCUT2D eigenvalue weighted by Gasteiger charge is -2.47. The van der Waals surface area contributed by atoms with E-state index in [2.05, 4.69) is 5.32 Å². The van der Waals surface area contributed by atoms with Crippen molar-refractivity contribution < 1.29 is 62.4 Å². The van der Waals surface area contributed by atoms with Gasteiger partial charge in [-0.25, -0.2) is 4.79 Å². The number of nitro groups is 1. The Bertz CT molecular complexity index is 1520. The Hall–Kier alpha value is -4.55. The third-order valence-electron chi connectivity index (χ3n) is 9.19. The number of aldehydes is 1. The molecule has 0 spiro atoms. The van der Waals surface area contributed by atoms with Crippen molar-refractivity contribution in [2.24, 2.45) is 11.8 Å². The van der Waals surface area contributed by atoms with Crippen molar-refractivity contribution in [1.82, 2.24) is 4.90 Å². The van der Waals surface area contributed by atoms with Gasteiger partial charge in [0.2, 0.25) is 0 Å². The SMILES string of the molecule is CO[C@@H]1[C@@H](O[C@@H]2O[C@H](C)[C@@H](OC(=O)Nc3ccc([N+](=O)[O-])cc3)[C@H](N(C)C)[C@H]2O)[C@@H](CC=O)C[C@@H](C)C(=O)/C=C/C=C/C[C@@H](C)OC(=O)C[C@H]1OC(C)=O. The van der Waals surface area contributed by atoms with Crippen molar-refractivity contribution in [3.63, 3.8) is 0 Å². The van der Waals surface area contributed by atoms with Crippen LogP contribution in [0.4, 0.5) is 16.2 Å². The minimum atomic E-state index is -1.50. The average molecular weight is 762 g/mol. The number of likely N-dealkylation sites (N-methyl/N-ethyl adjacent to an activating group) is 1. The van der Waals surface area contributed by atoms with Gasteiger partial charge in [0.1, 0.15) is 36.8 Å². The fourth-order valence-corrected chi connectivity index (χ4v) is 6.57. The van der Waals surface area contributed by atoms with E-state index < -0.39 is 96.3 Å². The summed E-state index contributed by atoms with van der Waals surface area (Å²) in [5.74, 6) is -3.06. The van der Waals surface area contributed by atoms with Gasteiger partial charge in [-0.2, -0.15) is 0 Å². The Kier molecular flexibility index (Phi) is 16.9. The van der Waals surface area contributed by atoms with E-state index in [-0.39, 0.29) is 30.0 Å². The van der Waals surface area contributed by atoms with Gasteiger partial charge in [-0.15, -0.1) is 0 Å². The number of esters is 2. The van der Waals surface area contributed by atoms with Crippen LogP contribution in [0, 0.1) is 22.0 Å². The number of carbonyl (C=O) groups excluding carboxylic acids is 5. The highest BCUT2D eigenvalue weighted by atomic mass is 16.7. The quantitative estimate of drug-likeness (QED) is 0.115. The molecule has 0 aliphatic carbocycles. The Morgan fingerprint density at radius 1 is 1.07 bits per heavy atom. The number of nitrogens with zero attached hydrogens (tertiary/aromatic N) is 2. The molecule has 0 aromatic heterocycles. The zero-order valence-electron chi connectivity index (χ0n) is 31.5. The second kappa shape index (κ2) is 20.8. The molecule has 54 heavy (non-hydrogen) atoms. The first-order valence-corrected chi connectivity index (χ1v) is 17.6. The first kappa shape index (κ1) is 43.9. The van der Waals surface area contributed by atoms with Crippen molar-refractivity contribution in [3.05, 3.63) is 58.7 Å². The normalized spacial score (nSPS) is 32.5. The zero-order valence-corrected chi connectivity index (χ0v) is 31.5. The number of methoxy groups -OCH3 is 1. The molecule has 2 heterocycles. The maximum atomic E-state index is 13.2. The summed E-state index contributed by atoms with van der Waals surface area (Å²) in [7, 11) is 4.60. The number of hydrogen-bond acceptors (Lipinski definition) is 15. The lowest BCUT2D eigenvalue weighted by atomic mass is 9.83. The molecule has 0 saturated carbocycles. The number of ether oxygens (including phenoxy) is 6. The van der Waals surface area contributed by atoms with Crippen molar-refractivity contribution in [1.29, 1.82) is 0 Å². The van der Waals surface area contributed by atoms with Crippen LogP contribution < -0.4 is 5.32 Å². The van der Waals surface area contributed by atoms with E-state index in [4.69, 9.17) is 28.4 Å². The number of carbonyl (C=O) groups is 5. The average Bonchev–Trinajstić information content (AvgIpc) is 3.08. The molecular weight excluding hydrogens is 710 g/mol. The highest BCUT2D eigenvalue weighted by molar-refractivity contribution is 5.91. The number of allylic oxidation sites excluding steroid dienone is 3. The summed E-state index contributed by atoms with van der Waals surface area (Å²) < 4.78 is 35.4.